The fraction of sp³-hybridized carbons (Fsp3) is 0.900. The molecule has 3 nitrogen and oxygen atoms in total. The Labute approximate surface area is 202 Å². The maximum atomic E-state index is 12.8. The smallest absolute Gasteiger partial charge is 0.157 e. The molecule has 186 valence electrons. The number of carbonyl (C=O) groups is 1. The molecule has 33 heavy (non-hydrogen) atoms. The number of ether oxygens (including phenoxy) is 1. The summed E-state index contributed by atoms with van der Waals surface area (Å²) in [5.41, 5.74) is 4.12. The number of aliphatic hydroxyl groups is 1. The number of hydrogen-bond donors (Lipinski definition) is 1. The molecule has 0 aromatic heterocycles. The molecule has 5 aliphatic rings. The van der Waals surface area contributed by atoms with Crippen LogP contribution in [0.1, 0.15) is 113 Å². The highest BCUT2D eigenvalue weighted by molar-refractivity contribution is 5.85. The summed E-state index contributed by atoms with van der Waals surface area (Å²) in [5, 5.41) is 10.4. The van der Waals surface area contributed by atoms with Crippen molar-refractivity contribution in [2.24, 2.45) is 45.3 Å². The van der Waals surface area contributed by atoms with Gasteiger partial charge in [0.25, 0.3) is 0 Å². The molecule has 3 fully saturated rings. The molecule has 1 saturated heterocycles. The summed E-state index contributed by atoms with van der Waals surface area (Å²) in [7, 11) is 0. The number of Topliss-reactive ketones (excluding diaryl/α,β-unsaturated/α-hetero) is 1. The van der Waals surface area contributed by atoms with E-state index >= 15 is 0 Å². The molecule has 3 heteroatoms. The van der Waals surface area contributed by atoms with Crippen LogP contribution in [-0.2, 0) is 9.53 Å². The van der Waals surface area contributed by atoms with Gasteiger partial charge in [-0.15, -0.1) is 0 Å². The van der Waals surface area contributed by atoms with Crippen molar-refractivity contribution in [1.82, 2.24) is 0 Å². The molecule has 9 atom stereocenters. The van der Waals surface area contributed by atoms with Gasteiger partial charge in [-0.1, -0.05) is 59.6 Å². The topological polar surface area (TPSA) is 46.5 Å². The number of allylic oxidation sites excluding steroid dienone is 2. The quantitative estimate of drug-likeness (QED) is 0.452. The highest BCUT2D eigenvalue weighted by atomic mass is 16.6. The molecular formula is C30H48O3. The van der Waals surface area contributed by atoms with Gasteiger partial charge in [0.05, 0.1) is 6.10 Å². The number of ketones is 1. The summed E-state index contributed by atoms with van der Waals surface area (Å²) in [4.78, 5) is 12.8. The first-order valence-electron chi connectivity index (χ1n) is 14.0. The first kappa shape index (κ1) is 24.0. The van der Waals surface area contributed by atoms with Gasteiger partial charge >= 0.3 is 0 Å². The van der Waals surface area contributed by atoms with Crippen molar-refractivity contribution < 1.29 is 14.6 Å². The summed E-state index contributed by atoms with van der Waals surface area (Å²) in [6.07, 6.45) is 11.0. The first-order chi connectivity index (χ1) is 15.4. The molecule has 0 unspecified atom stereocenters. The molecule has 0 aromatic rings. The fourth-order valence-corrected chi connectivity index (χ4v) is 9.97. The number of rotatable bonds is 2. The highest BCUT2D eigenvalue weighted by Crippen LogP contribution is 2.72. The molecule has 0 radical (unpaired) electrons. The molecule has 1 heterocycles. The molecule has 0 bridgehead atoms. The normalized spacial score (nSPS) is 50.4. The van der Waals surface area contributed by atoms with Crippen LogP contribution in [0.2, 0.25) is 0 Å². The van der Waals surface area contributed by atoms with Crippen LogP contribution in [0.15, 0.2) is 11.1 Å². The molecule has 0 aromatic carbocycles. The van der Waals surface area contributed by atoms with Crippen LogP contribution < -0.4 is 0 Å². The standard InChI is InChI=1S/C30H48O3/c1-18-8-10-23(33-26(18)32)19(2)20-12-16-30(7)22-9-11-24-27(3,4)25(31)14-15-28(24,5)21(22)13-17-29(20,30)6/h18-20,23-24,26,32H,8-17H2,1-7H3/t18-,19-,20+,23-,24-,26-,28+,29+,30-/m0/s1. The Morgan fingerprint density at radius 3 is 2.33 bits per heavy atom. The van der Waals surface area contributed by atoms with Gasteiger partial charge in [-0.05, 0) is 91.8 Å². The lowest BCUT2D eigenvalue weighted by molar-refractivity contribution is -0.209. The predicted octanol–water partition coefficient (Wildman–Crippen LogP) is 7.07. The lowest BCUT2D eigenvalue weighted by Crippen LogP contribution is -2.54. The van der Waals surface area contributed by atoms with Crippen LogP contribution in [0, 0.1) is 45.3 Å². The van der Waals surface area contributed by atoms with E-state index in [0.29, 0.717) is 29.0 Å². The van der Waals surface area contributed by atoms with E-state index < -0.39 is 6.29 Å². The van der Waals surface area contributed by atoms with Gasteiger partial charge in [-0.25, -0.2) is 0 Å². The summed E-state index contributed by atoms with van der Waals surface area (Å²) in [6, 6.07) is 0. The molecule has 2 saturated carbocycles. The number of aliphatic hydroxyl groups excluding tert-OH is 1. The van der Waals surface area contributed by atoms with Crippen molar-refractivity contribution in [1.29, 1.82) is 0 Å². The molecular weight excluding hydrogens is 408 g/mol. The van der Waals surface area contributed by atoms with E-state index in [1.165, 1.54) is 38.5 Å². The van der Waals surface area contributed by atoms with Crippen LogP contribution in [-0.4, -0.2) is 23.3 Å². The maximum absolute atomic E-state index is 12.8. The van der Waals surface area contributed by atoms with E-state index in [1.807, 2.05) is 0 Å². The molecule has 0 amide bonds. The number of fused-ring (bicyclic) bond motifs is 4. The third-order valence-corrected chi connectivity index (χ3v) is 12.5. The van der Waals surface area contributed by atoms with Gasteiger partial charge in [0.2, 0.25) is 0 Å². The Kier molecular flexibility index (Phi) is 5.58. The van der Waals surface area contributed by atoms with Crippen molar-refractivity contribution in [3.05, 3.63) is 11.1 Å². The zero-order chi connectivity index (χ0) is 24.0. The largest absolute Gasteiger partial charge is 0.368 e. The van der Waals surface area contributed by atoms with Gasteiger partial charge in [-0.3, -0.25) is 4.79 Å². The molecule has 1 aliphatic heterocycles. The fourth-order valence-electron chi connectivity index (χ4n) is 9.97. The van der Waals surface area contributed by atoms with Crippen molar-refractivity contribution >= 4 is 5.78 Å². The average Bonchev–Trinajstić information content (AvgIpc) is 3.04. The van der Waals surface area contributed by atoms with Gasteiger partial charge in [0.15, 0.2) is 6.29 Å². The zero-order valence-electron chi connectivity index (χ0n) is 22.3. The Morgan fingerprint density at radius 1 is 0.909 bits per heavy atom. The lowest BCUT2D eigenvalue weighted by atomic mass is 9.43. The summed E-state index contributed by atoms with van der Waals surface area (Å²) < 4.78 is 6.17. The van der Waals surface area contributed by atoms with Crippen LogP contribution in [0.3, 0.4) is 0 Å². The third kappa shape index (κ3) is 3.16. The molecule has 1 N–H and O–H groups in total. The Morgan fingerprint density at radius 2 is 1.64 bits per heavy atom. The SMILES string of the molecule is C[C@H]([C@@H]1CC[C@H](C)[C@@H](O)O1)[C@H]1CC[C@@]2(C)C3=C(CC[C@]12C)[C@@]1(C)CCC(=O)C(C)(C)[C@@H]1CC3. The van der Waals surface area contributed by atoms with Gasteiger partial charge in [-0.2, -0.15) is 0 Å². The van der Waals surface area contributed by atoms with Crippen LogP contribution in [0.4, 0.5) is 0 Å². The van der Waals surface area contributed by atoms with Crippen molar-refractivity contribution in [3.8, 4) is 0 Å². The predicted molar refractivity (Wildman–Crippen MR) is 132 cm³/mol. The summed E-state index contributed by atoms with van der Waals surface area (Å²) in [6.45, 7) is 16.7. The van der Waals surface area contributed by atoms with E-state index in [-0.39, 0.29) is 28.3 Å². The second-order valence-electron chi connectivity index (χ2n) is 14.0. The second-order valence-corrected chi connectivity index (χ2v) is 14.0. The van der Waals surface area contributed by atoms with Gasteiger partial charge in [0.1, 0.15) is 5.78 Å². The zero-order valence-corrected chi connectivity index (χ0v) is 22.3. The first-order valence-corrected chi connectivity index (χ1v) is 14.0. The molecule has 4 aliphatic carbocycles. The minimum absolute atomic E-state index is 0.184. The van der Waals surface area contributed by atoms with Gasteiger partial charge in [0, 0.05) is 17.8 Å². The van der Waals surface area contributed by atoms with E-state index in [9.17, 15) is 9.90 Å². The van der Waals surface area contributed by atoms with Crippen molar-refractivity contribution in [3.63, 3.8) is 0 Å². The van der Waals surface area contributed by atoms with Crippen LogP contribution in [0.25, 0.3) is 0 Å². The lowest BCUT2D eigenvalue weighted by Gasteiger charge is -2.61. The van der Waals surface area contributed by atoms with Crippen LogP contribution in [0.5, 0.6) is 0 Å². The van der Waals surface area contributed by atoms with Crippen LogP contribution >= 0.6 is 0 Å². The van der Waals surface area contributed by atoms with E-state index in [1.54, 1.807) is 11.1 Å². The maximum Gasteiger partial charge on any atom is 0.157 e. The van der Waals surface area contributed by atoms with E-state index in [4.69, 9.17) is 4.74 Å². The van der Waals surface area contributed by atoms with Crippen molar-refractivity contribution in [2.75, 3.05) is 0 Å². The number of carbonyl (C=O) groups excluding carboxylic acids is 1. The highest BCUT2D eigenvalue weighted by Gasteiger charge is 2.63. The van der Waals surface area contributed by atoms with E-state index in [2.05, 4.69) is 48.5 Å². The third-order valence-electron chi connectivity index (χ3n) is 12.5. The summed E-state index contributed by atoms with van der Waals surface area (Å²) in [5.74, 6) is 2.37. The number of hydrogen-bond acceptors (Lipinski definition) is 3. The second kappa shape index (κ2) is 7.66. The summed E-state index contributed by atoms with van der Waals surface area (Å²) >= 11 is 0. The Balaban J connectivity index is 1.46. The average molecular weight is 457 g/mol. The molecule has 0 spiro atoms. The minimum atomic E-state index is -0.597. The monoisotopic (exact) mass is 456 g/mol. The molecule has 5 rings (SSSR count). The Bertz CT molecular complexity index is 857. The minimum Gasteiger partial charge on any atom is -0.368 e. The van der Waals surface area contributed by atoms with Gasteiger partial charge < -0.3 is 9.84 Å². The van der Waals surface area contributed by atoms with Crippen molar-refractivity contribution in [2.45, 2.75) is 125 Å². The Hall–Kier alpha value is -0.670. The van der Waals surface area contributed by atoms with E-state index in [0.717, 1.165) is 25.7 Å².